The van der Waals surface area contributed by atoms with Gasteiger partial charge in [0.2, 0.25) is 0 Å². The first kappa shape index (κ1) is 21.4. The summed E-state index contributed by atoms with van der Waals surface area (Å²) in [5.41, 5.74) is 0. The predicted octanol–water partition coefficient (Wildman–Crippen LogP) is 2.21. The standard InChI is InChI=1S/C13H25O7PS/c1-6-18-12(14)11(8-10(3)4)13(21-15,19-7-2)9-20-22(5,16)17/h10-11H,6-9H2,1-5H3. The minimum absolute atomic E-state index is 0.0919. The van der Waals surface area contributed by atoms with E-state index in [0.717, 1.165) is 6.26 Å². The van der Waals surface area contributed by atoms with Crippen molar-refractivity contribution in [2.24, 2.45) is 11.8 Å². The fourth-order valence-corrected chi connectivity index (χ4v) is 3.09. The monoisotopic (exact) mass is 356 g/mol. The largest absolute Gasteiger partial charge is 0.466 e. The maximum Gasteiger partial charge on any atom is 0.312 e. The van der Waals surface area contributed by atoms with Crippen molar-refractivity contribution in [3.63, 3.8) is 0 Å². The highest BCUT2D eigenvalue weighted by atomic mass is 32.2. The Hall–Kier alpha value is -0.560. The van der Waals surface area contributed by atoms with Gasteiger partial charge in [0.15, 0.2) is 13.8 Å². The first-order valence-electron chi connectivity index (χ1n) is 7.11. The Morgan fingerprint density at radius 1 is 1.23 bits per heavy atom. The molecule has 0 saturated heterocycles. The molecule has 0 radical (unpaired) electrons. The molecule has 0 N–H and O–H groups in total. The molecule has 0 bridgehead atoms. The highest BCUT2D eigenvalue weighted by Gasteiger charge is 2.47. The molecule has 0 aromatic rings. The van der Waals surface area contributed by atoms with Crippen molar-refractivity contribution in [1.82, 2.24) is 0 Å². The molecule has 0 rings (SSSR count). The summed E-state index contributed by atoms with van der Waals surface area (Å²) in [7, 11) is -4.29. The molecule has 0 spiro atoms. The summed E-state index contributed by atoms with van der Waals surface area (Å²) < 4.78 is 49.5. The lowest BCUT2D eigenvalue weighted by Gasteiger charge is -2.33. The predicted molar refractivity (Wildman–Crippen MR) is 82.3 cm³/mol. The van der Waals surface area contributed by atoms with Gasteiger partial charge >= 0.3 is 5.97 Å². The summed E-state index contributed by atoms with van der Waals surface area (Å²) >= 11 is 0. The van der Waals surface area contributed by atoms with E-state index in [2.05, 4.69) is 0 Å². The van der Waals surface area contributed by atoms with E-state index in [1.165, 1.54) is 0 Å². The van der Waals surface area contributed by atoms with E-state index in [-0.39, 0.29) is 19.1 Å². The third-order valence-electron chi connectivity index (χ3n) is 2.85. The van der Waals surface area contributed by atoms with Crippen LogP contribution in [0.5, 0.6) is 0 Å². The van der Waals surface area contributed by atoms with Crippen molar-refractivity contribution in [2.75, 3.05) is 26.1 Å². The van der Waals surface area contributed by atoms with Gasteiger partial charge in [0, 0.05) is 6.61 Å². The lowest BCUT2D eigenvalue weighted by molar-refractivity contribution is -0.159. The summed E-state index contributed by atoms with van der Waals surface area (Å²) in [6.45, 7) is 6.91. The van der Waals surface area contributed by atoms with Crippen LogP contribution >= 0.6 is 8.46 Å². The van der Waals surface area contributed by atoms with Gasteiger partial charge in [-0.1, -0.05) is 13.8 Å². The molecule has 0 fully saturated rings. The van der Waals surface area contributed by atoms with Crippen LogP contribution in [0.25, 0.3) is 0 Å². The number of hydrogen-bond donors (Lipinski definition) is 0. The Morgan fingerprint density at radius 3 is 2.18 bits per heavy atom. The smallest absolute Gasteiger partial charge is 0.312 e. The van der Waals surface area contributed by atoms with Crippen molar-refractivity contribution < 1.29 is 31.4 Å². The second-order valence-corrected chi connectivity index (χ2v) is 7.85. The second-order valence-electron chi connectivity index (χ2n) is 5.27. The van der Waals surface area contributed by atoms with E-state index in [1.54, 1.807) is 13.8 Å². The number of rotatable bonds is 11. The van der Waals surface area contributed by atoms with E-state index < -0.39 is 42.4 Å². The van der Waals surface area contributed by atoms with Gasteiger partial charge in [-0.15, -0.1) is 0 Å². The van der Waals surface area contributed by atoms with E-state index in [1.807, 2.05) is 13.8 Å². The fourth-order valence-electron chi connectivity index (χ4n) is 1.98. The summed E-state index contributed by atoms with van der Waals surface area (Å²) in [6.07, 6.45) is 1.22. The van der Waals surface area contributed by atoms with Crippen LogP contribution in [0, 0.1) is 11.8 Å². The van der Waals surface area contributed by atoms with Gasteiger partial charge in [-0.25, -0.2) is 0 Å². The topological polar surface area (TPSA) is 96.0 Å². The first-order chi connectivity index (χ1) is 10.1. The van der Waals surface area contributed by atoms with Gasteiger partial charge in [-0.2, -0.15) is 8.42 Å². The molecule has 130 valence electrons. The third kappa shape index (κ3) is 7.13. The molecule has 0 heterocycles. The summed E-state index contributed by atoms with van der Waals surface area (Å²) in [5, 5.41) is -1.59. The normalized spacial score (nSPS) is 16.5. The number of carbonyl (C=O) groups is 1. The lowest BCUT2D eigenvalue weighted by Crippen LogP contribution is -2.46. The molecule has 0 aromatic carbocycles. The maximum atomic E-state index is 12.2. The molecule has 0 aromatic heterocycles. The molecule has 2 atom stereocenters. The Morgan fingerprint density at radius 2 is 1.82 bits per heavy atom. The van der Waals surface area contributed by atoms with Crippen LogP contribution < -0.4 is 0 Å². The molecule has 2 unspecified atom stereocenters. The van der Waals surface area contributed by atoms with Crippen molar-refractivity contribution >= 4 is 24.5 Å². The average Bonchev–Trinajstić information content (AvgIpc) is 2.40. The lowest BCUT2D eigenvalue weighted by atomic mass is 9.91. The summed E-state index contributed by atoms with van der Waals surface area (Å²) in [6, 6.07) is 0. The fraction of sp³-hybridized carbons (Fsp3) is 0.923. The van der Waals surface area contributed by atoms with E-state index in [4.69, 9.17) is 13.7 Å². The van der Waals surface area contributed by atoms with Crippen molar-refractivity contribution in [2.45, 2.75) is 39.5 Å². The Balaban J connectivity index is 5.60. The van der Waals surface area contributed by atoms with Crippen molar-refractivity contribution in [1.29, 1.82) is 0 Å². The Kier molecular flexibility index (Phi) is 9.31. The number of carbonyl (C=O) groups excluding carboxylic acids is 1. The molecule has 0 saturated carbocycles. The Labute approximate surface area is 134 Å². The molecular formula is C13H25O7PS. The van der Waals surface area contributed by atoms with Gasteiger partial charge in [0.05, 0.1) is 18.8 Å². The number of ether oxygens (including phenoxy) is 2. The first-order valence-corrected chi connectivity index (χ1v) is 9.74. The van der Waals surface area contributed by atoms with E-state index in [9.17, 15) is 17.8 Å². The van der Waals surface area contributed by atoms with Crippen LogP contribution in [0.1, 0.15) is 34.1 Å². The highest BCUT2D eigenvalue weighted by Crippen LogP contribution is 2.38. The second kappa shape index (κ2) is 9.55. The molecule has 0 aliphatic carbocycles. The molecule has 0 amide bonds. The van der Waals surface area contributed by atoms with Crippen molar-refractivity contribution in [3.8, 4) is 0 Å². The number of hydrogen-bond acceptors (Lipinski definition) is 7. The Bertz CT molecular complexity index is 463. The third-order valence-corrected chi connectivity index (χ3v) is 4.28. The van der Waals surface area contributed by atoms with Crippen LogP contribution in [0.3, 0.4) is 0 Å². The van der Waals surface area contributed by atoms with Gasteiger partial charge in [-0.05, 0) is 26.2 Å². The zero-order valence-electron chi connectivity index (χ0n) is 13.7. The highest BCUT2D eigenvalue weighted by molar-refractivity contribution is 7.86. The van der Waals surface area contributed by atoms with Gasteiger partial charge in [-0.3, -0.25) is 13.5 Å². The molecule has 9 heteroatoms. The minimum Gasteiger partial charge on any atom is -0.466 e. The van der Waals surface area contributed by atoms with Gasteiger partial charge in [0.25, 0.3) is 10.1 Å². The maximum absolute atomic E-state index is 12.2. The van der Waals surface area contributed by atoms with Crippen LogP contribution in [-0.2, 0) is 33.1 Å². The van der Waals surface area contributed by atoms with Crippen LogP contribution in [-0.4, -0.2) is 45.8 Å². The molecule has 7 nitrogen and oxygen atoms in total. The molecule has 0 aliphatic rings. The molecular weight excluding hydrogens is 331 g/mol. The zero-order chi connectivity index (χ0) is 17.4. The molecule has 0 aliphatic heterocycles. The van der Waals surface area contributed by atoms with Crippen LogP contribution in [0.4, 0.5) is 0 Å². The van der Waals surface area contributed by atoms with Crippen molar-refractivity contribution in [3.05, 3.63) is 0 Å². The van der Waals surface area contributed by atoms with Crippen LogP contribution in [0.2, 0.25) is 0 Å². The molecule has 22 heavy (non-hydrogen) atoms. The summed E-state index contributed by atoms with van der Waals surface area (Å²) in [5.74, 6) is -1.38. The van der Waals surface area contributed by atoms with E-state index in [0.29, 0.717) is 6.42 Å². The SMILES string of the molecule is CCOC(=O)C(CC(C)C)C(COS(C)(=O)=O)(OCC)P=O. The van der Waals surface area contributed by atoms with Crippen LogP contribution in [0.15, 0.2) is 0 Å². The van der Waals surface area contributed by atoms with Gasteiger partial charge in [0.1, 0.15) is 6.61 Å². The minimum atomic E-state index is -3.76. The quantitative estimate of drug-likeness (QED) is 0.318. The summed E-state index contributed by atoms with van der Waals surface area (Å²) in [4.78, 5) is 12.2. The van der Waals surface area contributed by atoms with E-state index >= 15 is 0 Å². The zero-order valence-corrected chi connectivity index (χ0v) is 15.4. The number of esters is 1. The van der Waals surface area contributed by atoms with Gasteiger partial charge < -0.3 is 9.47 Å². The average molecular weight is 356 g/mol.